The fourth-order valence-electron chi connectivity index (χ4n) is 2.19. The molecule has 104 valence electrons. The molecule has 6 heteroatoms. The third kappa shape index (κ3) is 2.65. The van der Waals surface area contributed by atoms with Crippen LogP contribution in [0, 0.1) is 18.3 Å². The lowest BCUT2D eigenvalue weighted by Crippen LogP contribution is -2.04. The van der Waals surface area contributed by atoms with Gasteiger partial charge in [-0.1, -0.05) is 33.6 Å². The van der Waals surface area contributed by atoms with Gasteiger partial charge < -0.3 is 4.57 Å². The number of hydrogen-bond donors (Lipinski definition) is 0. The quantitative estimate of drug-likeness (QED) is 0.691. The van der Waals surface area contributed by atoms with Gasteiger partial charge in [-0.3, -0.25) is 0 Å². The third-order valence-electron chi connectivity index (χ3n) is 3.24. The molecule has 0 aliphatic carbocycles. The Morgan fingerprint density at radius 3 is 2.81 bits per heavy atom. The second-order valence-electron chi connectivity index (χ2n) is 4.63. The molecule has 0 saturated heterocycles. The molecule has 0 N–H and O–H groups in total. The molecule has 2 aromatic heterocycles. The lowest BCUT2D eigenvalue weighted by Gasteiger charge is -2.09. The van der Waals surface area contributed by atoms with Crippen LogP contribution in [0.3, 0.4) is 0 Å². The molecular formula is C15H10BrClN4. The van der Waals surface area contributed by atoms with Crippen molar-refractivity contribution in [2.75, 3.05) is 0 Å². The van der Waals surface area contributed by atoms with Crippen molar-refractivity contribution >= 4 is 38.7 Å². The van der Waals surface area contributed by atoms with Gasteiger partial charge in [0, 0.05) is 9.50 Å². The average Bonchev–Trinajstić information content (AvgIpc) is 2.77. The van der Waals surface area contributed by atoms with Crippen LogP contribution in [0.25, 0.3) is 11.2 Å². The number of pyridine rings is 1. The van der Waals surface area contributed by atoms with E-state index in [1.165, 1.54) is 0 Å². The number of benzene rings is 1. The van der Waals surface area contributed by atoms with Crippen molar-refractivity contribution in [2.45, 2.75) is 13.5 Å². The molecule has 3 rings (SSSR count). The van der Waals surface area contributed by atoms with Gasteiger partial charge in [-0.15, -0.1) is 0 Å². The van der Waals surface area contributed by atoms with Crippen LogP contribution >= 0.6 is 27.5 Å². The molecule has 0 bridgehead atoms. The minimum absolute atomic E-state index is 0.388. The molecule has 0 spiro atoms. The molecule has 1 aromatic carbocycles. The zero-order chi connectivity index (χ0) is 15.0. The Kier molecular flexibility index (Phi) is 3.66. The summed E-state index contributed by atoms with van der Waals surface area (Å²) in [5.74, 6) is 0.856. The molecule has 0 aliphatic heterocycles. The number of halogens is 2. The number of aromatic nitrogens is 3. The number of rotatable bonds is 2. The fourth-order valence-corrected chi connectivity index (χ4v) is 2.99. The van der Waals surface area contributed by atoms with Gasteiger partial charge in [0.05, 0.1) is 6.54 Å². The molecule has 0 saturated carbocycles. The van der Waals surface area contributed by atoms with E-state index in [-0.39, 0.29) is 0 Å². The van der Waals surface area contributed by atoms with E-state index in [1.54, 1.807) is 6.07 Å². The monoisotopic (exact) mass is 360 g/mol. The van der Waals surface area contributed by atoms with Crippen molar-refractivity contribution in [1.82, 2.24) is 14.5 Å². The van der Waals surface area contributed by atoms with Crippen LogP contribution < -0.4 is 0 Å². The fraction of sp³-hybridized carbons (Fsp3) is 0.133. The molecule has 0 fully saturated rings. The van der Waals surface area contributed by atoms with Gasteiger partial charge in [0.2, 0.25) is 0 Å². The van der Waals surface area contributed by atoms with Crippen LogP contribution in [0.5, 0.6) is 0 Å². The number of fused-ring (bicyclic) bond motifs is 1. The van der Waals surface area contributed by atoms with E-state index < -0.39 is 0 Å². The summed E-state index contributed by atoms with van der Waals surface area (Å²) in [7, 11) is 0. The molecular weight excluding hydrogens is 352 g/mol. The van der Waals surface area contributed by atoms with Gasteiger partial charge in [0.1, 0.15) is 23.1 Å². The number of nitriles is 1. The topological polar surface area (TPSA) is 54.5 Å². The summed E-state index contributed by atoms with van der Waals surface area (Å²) in [4.78, 5) is 8.84. The van der Waals surface area contributed by atoms with Crippen molar-refractivity contribution < 1.29 is 0 Å². The van der Waals surface area contributed by atoms with Gasteiger partial charge in [-0.25, -0.2) is 9.97 Å². The van der Waals surface area contributed by atoms with Crippen LogP contribution in [0.2, 0.25) is 5.02 Å². The van der Waals surface area contributed by atoms with E-state index in [0.29, 0.717) is 22.9 Å². The highest BCUT2D eigenvalue weighted by Crippen LogP contribution is 2.24. The third-order valence-corrected chi connectivity index (χ3v) is 4.21. The summed E-state index contributed by atoms with van der Waals surface area (Å²) in [6, 6.07) is 11.2. The first-order chi connectivity index (χ1) is 10.1. The zero-order valence-electron chi connectivity index (χ0n) is 11.1. The van der Waals surface area contributed by atoms with E-state index >= 15 is 0 Å². The normalized spacial score (nSPS) is 10.8. The van der Waals surface area contributed by atoms with Crippen LogP contribution in [0.15, 0.2) is 34.8 Å². The van der Waals surface area contributed by atoms with E-state index in [4.69, 9.17) is 16.9 Å². The Morgan fingerprint density at radius 2 is 2.10 bits per heavy atom. The van der Waals surface area contributed by atoms with Gasteiger partial charge >= 0.3 is 0 Å². The van der Waals surface area contributed by atoms with Crippen molar-refractivity contribution in [3.63, 3.8) is 0 Å². The smallest absolute Gasteiger partial charge is 0.161 e. The summed E-state index contributed by atoms with van der Waals surface area (Å²) in [6.45, 7) is 2.54. The van der Waals surface area contributed by atoms with E-state index in [1.807, 2.05) is 35.8 Å². The number of aryl methyl sites for hydroxylation is 1. The first-order valence-electron chi connectivity index (χ1n) is 6.26. The Labute approximate surface area is 135 Å². The van der Waals surface area contributed by atoms with Crippen LogP contribution in [0.4, 0.5) is 0 Å². The van der Waals surface area contributed by atoms with Gasteiger partial charge in [0.15, 0.2) is 5.65 Å². The highest BCUT2D eigenvalue weighted by atomic mass is 79.9. The SMILES string of the molecule is Cc1nc2ccc(C#N)nc2n1Cc1ccc(Cl)cc1Br. The molecule has 3 aromatic rings. The van der Waals surface area contributed by atoms with Crippen molar-refractivity contribution in [3.05, 3.63) is 56.9 Å². The molecule has 4 nitrogen and oxygen atoms in total. The second-order valence-corrected chi connectivity index (χ2v) is 5.92. The van der Waals surface area contributed by atoms with Crippen LogP contribution in [-0.4, -0.2) is 14.5 Å². The first-order valence-corrected chi connectivity index (χ1v) is 7.43. The molecule has 0 atom stereocenters. The zero-order valence-corrected chi connectivity index (χ0v) is 13.5. The van der Waals surface area contributed by atoms with Crippen LogP contribution in [0.1, 0.15) is 17.1 Å². The van der Waals surface area contributed by atoms with Crippen LogP contribution in [-0.2, 0) is 6.54 Å². The van der Waals surface area contributed by atoms with E-state index in [9.17, 15) is 0 Å². The van der Waals surface area contributed by atoms with E-state index in [0.717, 1.165) is 21.4 Å². The molecule has 0 aliphatic rings. The standard InChI is InChI=1S/C15H10BrClN4/c1-9-19-14-5-4-12(7-18)20-15(14)21(9)8-10-2-3-11(17)6-13(10)16/h2-6H,8H2,1H3. The molecule has 21 heavy (non-hydrogen) atoms. The Balaban J connectivity index is 2.11. The maximum Gasteiger partial charge on any atom is 0.161 e. The van der Waals surface area contributed by atoms with Gasteiger partial charge in [0.25, 0.3) is 0 Å². The van der Waals surface area contributed by atoms with E-state index in [2.05, 4.69) is 32.0 Å². The van der Waals surface area contributed by atoms with Gasteiger partial charge in [-0.2, -0.15) is 5.26 Å². The largest absolute Gasteiger partial charge is 0.308 e. The summed E-state index contributed by atoms with van der Waals surface area (Å²) < 4.78 is 2.93. The number of nitrogens with zero attached hydrogens (tertiary/aromatic N) is 4. The predicted octanol–water partition coefficient (Wildman–Crippen LogP) is 4.08. The van der Waals surface area contributed by atoms with Crippen molar-refractivity contribution in [3.8, 4) is 6.07 Å². The Morgan fingerprint density at radius 1 is 1.29 bits per heavy atom. The molecule has 0 radical (unpaired) electrons. The Hall–Kier alpha value is -1.90. The minimum atomic E-state index is 0.388. The van der Waals surface area contributed by atoms with Gasteiger partial charge in [-0.05, 0) is 36.8 Å². The Bertz CT molecular complexity index is 879. The highest BCUT2D eigenvalue weighted by molar-refractivity contribution is 9.10. The maximum absolute atomic E-state index is 8.99. The lowest BCUT2D eigenvalue weighted by molar-refractivity contribution is 0.774. The molecule has 0 unspecified atom stereocenters. The minimum Gasteiger partial charge on any atom is -0.308 e. The summed E-state index contributed by atoms with van der Waals surface area (Å²) in [5, 5.41) is 9.68. The summed E-state index contributed by atoms with van der Waals surface area (Å²) in [5.41, 5.74) is 2.97. The first kappa shape index (κ1) is 14.1. The molecule has 0 amide bonds. The number of imidazole rings is 1. The summed E-state index contributed by atoms with van der Waals surface area (Å²) >= 11 is 9.49. The highest BCUT2D eigenvalue weighted by Gasteiger charge is 2.11. The maximum atomic E-state index is 8.99. The van der Waals surface area contributed by atoms with Crippen molar-refractivity contribution in [1.29, 1.82) is 5.26 Å². The number of hydrogen-bond acceptors (Lipinski definition) is 3. The van der Waals surface area contributed by atoms with Crippen molar-refractivity contribution in [2.24, 2.45) is 0 Å². The summed E-state index contributed by atoms with van der Waals surface area (Å²) in [6.07, 6.45) is 0. The average molecular weight is 362 g/mol. The lowest BCUT2D eigenvalue weighted by atomic mass is 10.2. The molecule has 2 heterocycles. The predicted molar refractivity (Wildman–Crippen MR) is 85.2 cm³/mol. The second kappa shape index (κ2) is 5.47.